The third-order valence-electron chi connectivity index (χ3n) is 1.92. The van der Waals surface area contributed by atoms with Crippen LogP contribution in [0.25, 0.3) is 0 Å². The normalized spacial score (nSPS) is 9.23. The molecule has 0 saturated carbocycles. The Morgan fingerprint density at radius 2 is 2.15 bits per heavy atom. The topological polar surface area (TPSA) is 17.1 Å². The second kappa shape index (κ2) is 4.47. The average Bonchev–Trinajstić information content (AvgIpc) is 2.15. The van der Waals surface area contributed by atoms with Crippen molar-refractivity contribution in [3.63, 3.8) is 0 Å². The van der Waals surface area contributed by atoms with E-state index in [1.54, 1.807) is 6.92 Å². The van der Waals surface area contributed by atoms with E-state index in [0.29, 0.717) is 6.42 Å². The van der Waals surface area contributed by atoms with Crippen LogP contribution in [0.2, 0.25) is 0 Å². The fourth-order valence-electron chi connectivity index (χ4n) is 1.19. The van der Waals surface area contributed by atoms with Crippen LogP contribution in [0.1, 0.15) is 24.5 Å². The maximum Gasteiger partial charge on any atom is 0.130 e. The van der Waals surface area contributed by atoms with Crippen molar-refractivity contribution in [2.45, 2.75) is 19.8 Å². The van der Waals surface area contributed by atoms with Crippen LogP contribution in [0.5, 0.6) is 0 Å². The van der Waals surface area contributed by atoms with E-state index < -0.39 is 0 Å². The Labute approximate surface area is 78.8 Å². The predicted molar refractivity (Wildman–Crippen MR) is 53.4 cm³/mol. The van der Waals surface area contributed by atoms with Gasteiger partial charge >= 0.3 is 0 Å². The number of benzene rings is 1. The zero-order valence-corrected chi connectivity index (χ0v) is 7.71. The number of terminal acetylenes is 1. The zero-order valence-electron chi connectivity index (χ0n) is 7.71. The molecule has 1 aromatic carbocycles. The van der Waals surface area contributed by atoms with Crippen LogP contribution in [0, 0.1) is 12.3 Å². The highest BCUT2D eigenvalue weighted by atomic mass is 16.1. The molecular weight excluding hydrogens is 160 g/mol. The van der Waals surface area contributed by atoms with Crippen molar-refractivity contribution in [2.75, 3.05) is 0 Å². The van der Waals surface area contributed by atoms with Gasteiger partial charge in [0, 0.05) is 12.0 Å². The monoisotopic (exact) mass is 172 g/mol. The first-order chi connectivity index (χ1) is 6.24. The van der Waals surface area contributed by atoms with E-state index in [2.05, 4.69) is 5.92 Å². The molecule has 0 bridgehead atoms. The van der Waals surface area contributed by atoms with Gasteiger partial charge in [0.25, 0.3) is 0 Å². The summed E-state index contributed by atoms with van der Waals surface area (Å²) in [5.74, 6) is 2.81. The second-order valence-corrected chi connectivity index (χ2v) is 3.00. The van der Waals surface area contributed by atoms with Crippen molar-refractivity contribution in [3.8, 4) is 12.3 Å². The third-order valence-corrected chi connectivity index (χ3v) is 1.92. The van der Waals surface area contributed by atoms with Crippen LogP contribution in [-0.2, 0) is 11.2 Å². The molecule has 0 radical (unpaired) electrons. The Kier molecular flexibility index (Phi) is 3.28. The van der Waals surface area contributed by atoms with Gasteiger partial charge < -0.3 is 4.79 Å². The van der Waals surface area contributed by atoms with Crippen molar-refractivity contribution in [1.82, 2.24) is 0 Å². The highest BCUT2D eigenvalue weighted by molar-refractivity contribution is 5.75. The summed E-state index contributed by atoms with van der Waals surface area (Å²) in [6.07, 6.45) is 6.64. The van der Waals surface area contributed by atoms with E-state index in [-0.39, 0.29) is 5.78 Å². The summed E-state index contributed by atoms with van der Waals surface area (Å²) in [7, 11) is 0. The lowest BCUT2D eigenvalue weighted by Crippen LogP contribution is -1.96. The first kappa shape index (κ1) is 9.54. The Hall–Kier alpha value is -1.55. The quantitative estimate of drug-likeness (QED) is 0.639. The molecule has 0 saturated heterocycles. The molecule has 0 aliphatic heterocycles. The molecule has 0 heterocycles. The van der Waals surface area contributed by atoms with Gasteiger partial charge in [0.1, 0.15) is 5.78 Å². The number of rotatable bonds is 3. The van der Waals surface area contributed by atoms with Gasteiger partial charge in [0.15, 0.2) is 0 Å². The molecule has 0 unspecified atom stereocenters. The molecule has 1 heteroatoms. The number of carbonyl (C=O) groups excluding carboxylic acids is 1. The first-order valence-corrected chi connectivity index (χ1v) is 4.28. The minimum Gasteiger partial charge on any atom is -0.300 e. The van der Waals surface area contributed by atoms with Gasteiger partial charge in [-0.15, -0.1) is 6.42 Å². The van der Waals surface area contributed by atoms with Crippen LogP contribution < -0.4 is 0 Å². The summed E-state index contributed by atoms with van der Waals surface area (Å²) < 4.78 is 0. The molecular formula is C12H12O. The van der Waals surface area contributed by atoms with Gasteiger partial charge in [-0.1, -0.05) is 24.1 Å². The van der Waals surface area contributed by atoms with Gasteiger partial charge in [0.2, 0.25) is 0 Å². The molecule has 13 heavy (non-hydrogen) atoms. The van der Waals surface area contributed by atoms with Crippen molar-refractivity contribution in [2.24, 2.45) is 0 Å². The van der Waals surface area contributed by atoms with Crippen LogP contribution in [0.4, 0.5) is 0 Å². The number of hydrogen-bond acceptors (Lipinski definition) is 1. The summed E-state index contributed by atoms with van der Waals surface area (Å²) in [4.78, 5) is 10.8. The van der Waals surface area contributed by atoms with E-state index >= 15 is 0 Å². The highest BCUT2D eigenvalue weighted by Gasteiger charge is 2.00. The van der Waals surface area contributed by atoms with Crippen molar-refractivity contribution < 1.29 is 4.79 Å². The molecule has 0 spiro atoms. The lowest BCUT2D eigenvalue weighted by atomic mass is 10.0. The fraction of sp³-hybridized carbons (Fsp3) is 0.250. The Morgan fingerprint density at radius 3 is 2.77 bits per heavy atom. The van der Waals surface area contributed by atoms with Crippen LogP contribution in [0.3, 0.4) is 0 Å². The summed E-state index contributed by atoms with van der Waals surface area (Å²) >= 11 is 0. The molecule has 1 rings (SSSR count). The van der Waals surface area contributed by atoms with Crippen molar-refractivity contribution in [3.05, 3.63) is 35.4 Å². The van der Waals surface area contributed by atoms with Crippen molar-refractivity contribution >= 4 is 5.78 Å². The van der Waals surface area contributed by atoms with E-state index in [1.807, 2.05) is 24.3 Å². The van der Waals surface area contributed by atoms with Gasteiger partial charge in [0.05, 0.1) is 0 Å². The number of hydrogen-bond donors (Lipinski definition) is 0. The van der Waals surface area contributed by atoms with Crippen LogP contribution in [0.15, 0.2) is 24.3 Å². The molecule has 1 aromatic rings. The van der Waals surface area contributed by atoms with Gasteiger partial charge in [-0.25, -0.2) is 0 Å². The second-order valence-electron chi connectivity index (χ2n) is 3.00. The van der Waals surface area contributed by atoms with Gasteiger partial charge in [-0.3, -0.25) is 0 Å². The molecule has 0 aliphatic rings. The summed E-state index contributed by atoms with van der Waals surface area (Å²) in [6, 6.07) is 7.72. The Bertz CT molecular complexity index is 344. The number of carbonyl (C=O) groups is 1. The zero-order chi connectivity index (χ0) is 9.68. The van der Waals surface area contributed by atoms with Crippen LogP contribution in [-0.4, -0.2) is 5.78 Å². The summed E-state index contributed by atoms with van der Waals surface area (Å²) in [5, 5.41) is 0. The summed E-state index contributed by atoms with van der Waals surface area (Å²) in [5.41, 5.74) is 1.98. The Balaban J connectivity index is 2.77. The van der Waals surface area contributed by atoms with Crippen molar-refractivity contribution in [1.29, 1.82) is 0 Å². The highest BCUT2D eigenvalue weighted by Crippen LogP contribution is 2.09. The number of Topliss-reactive ketones (excluding diaryl/α,β-unsaturated/α-hetero) is 1. The SMILES string of the molecule is C#Cc1ccccc1CCC(C)=O. The lowest BCUT2D eigenvalue weighted by Gasteiger charge is -2.01. The molecule has 0 amide bonds. The molecule has 66 valence electrons. The molecule has 0 N–H and O–H groups in total. The largest absolute Gasteiger partial charge is 0.300 e. The fourth-order valence-corrected chi connectivity index (χ4v) is 1.19. The smallest absolute Gasteiger partial charge is 0.130 e. The van der Waals surface area contributed by atoms with Gasteiger partial charge in [-0.2, -0.15) is 0 Å². The van der Waals surface area contributed by atoms with E-state index in [9.17, 15) is 4.79 Å². The molecule has 0 aliphatic carbocycles. The maximum atomic E-state index is 10.8. The van der Waals surface area contributed by atoms with E-state index in [4.69, 9.17) is 6.42 Å². The van der Waals surface area contributed by atoms with E-state index in [0.717, 1.165) is 17.5 Å². The number of aryl methyl sites for hydroxylation is 1. The van der Waals surface area contributed by atoms with E-state index in [1.165, 1.54) is 0 Å². The minimum absolute atomic E-state index is 0.201. The number of ketones is 1. The average molecular weight is 172 g/mol. The lowest BCUT2D eigenvalue weighted by molar-refractivity contribution is -0.116. The molecule has 0 fully saturated rings. The Morgan fingerprint density at radius 1 is 1.46 bits per heavy atom. The maximum absolute atomic E-state index is 10.8. The van der Waals surface area contributed by atoms with Gasteiger partial charge in [-0.05, 0) is 25.0 Å². The minimum atomic E-state index is 0.201. The predicted octanol–water partition coefficient (Wildman–Crippen LogP) is 2.19. The molecule has 0 aromatic heterocycles. The first-order valence-electron chi connectivity index (χ1n) is 4.28. The van der Waals surface area contributed by atoms with Crippen LogP contribution >= 0.6 is 0 Å². The molecule has 0 atom stereocenters. The standard InChI is InChI=1S/C12H12O/c1-3-11-6-4-5-7-12(11)9-8-10(2)13/h1,4-7H,8-9H2,2H3. The molecule has 1 nitrogen and oxygen atoms in total. The summed E-state index contributed by atoms with van der Waals surface area (Å²) in [6.45, 7) is 1.60. The third kappa shape index (κ3) is 2.76.